The van der Waals surface area contributed by atoms with E-state index in [4.69, 9.17) is 10.8 Å². The summed E-state index contributed by atoms with van der Waals surface area (Å²) in [6.45, 7) is 0. The maximum absolute atomic E-state index is 11.6. The molecule has 8 nitrogen and oxygen atoms in total. The van der Waals surface area contributed by atoms with Crippen molar-refractivity contribution >= 4 is 17.8 Å². The fourth-order valence-electron chi connectivity index (χ4n) is 1.18. The number of aryl methyl sites for hydroxylation is 1. The standard InChI is InChI=1S/C9H12N4O4/c1-13-4-5(3-11-13)8(15)12-6(9(16)17)2-7(10)14/h3-4,6H,2H2,1H3,(H2,10,14)(H,12,15)(H,16,17). The Morgan fingerprint density at radius 3 is 2.65 bits per heavy atom. The number of hydrogen-bond donors (Lipinski definition) is 3. The summed E-state index contributed by atoms with van der Waals surface area (Å²) >= 11 is 0. The number of rotatable bonds is 5. The van der Waals surface area contributed by atoms with Crippen LogP contribution in [0, 0.1) is 0 Å². The van der Waals surface area contributed by atoms with Crippen molar-refractivity contribution < 1.29 is 19.5 Å². The normalized spacial score (nSPS) is 11.8. The second-order valence-electron chi connectivity index (χ2n) is 3.44. The Balaban J connectivity index is 2.70. The third-order valence-corrected chi connectivity index (χ3v) is 1.98. The van der Waals surface area contributed by atoms with Gasteiger partial charge in [-0.25, -0.2) is 4.79 Å². The summed E-state index contributed by atoms with van der Waals surface area (Å²) in [4.78, 5) is 33.0. The molecule has 1 aromatic rings. The minimum atomic E-state index is -1.33. The smallest absolute Gasteiger partial charge is 0.326 e. The zero-order valence-electron chi connectivity index (χ0n) is 9.08. The number of carbonyl (C=O) groups excluding carboxylic acids is 2. The van der Waals surface area contributed by atoms with Crippen LogP contribution in [0.1, 0.15) is 16.8 Å². The lowest BCUT2D eigenvalue weighted by Gasteiger charge is -2.11. The van der Waals surface area contributed by atoms with E-state index in [1.165, 1.54) is 17.1 Å². The lowest BCUT2D eigenvalue weighted by atomic mass is 10.2. The number of carboxylic acids is 1. The highest BCUT2D eigenvalue weighted by atomic mass is 16.4. The van der Waals surface area contributed by atoms with E-state index in [9.17, 15) is 14.4 Å². The monoisotopic (exact) mass is 240 g/mol. The Labute approximate surface area is 96.4 Å². The molecule has 1 heterocycles. The SMILES string of the molecule is Cn1cc(C(=O)NC(CC(N)=O)C(=O)O)cn1. The van der Waals surface area contributed by atoms with Gasteiger partial charge in [-0.15, -0.1) is 0 Å². The largest absolute Gasteiger partial charge is 0.480 e. The van der Waals surface area contributed by atoms with Gasteiger partial charge in [0.15, 0.2) is 0 Å². The van der Waals surface area contributed by atoms with Gasteiger partial charge in [0.2, 0.25) is 5.91 Å². The summed E-state index contributed by atoms with van der Waals surface area (Å²) in [6.07, 6.45) is 2.26. The first-order valence-corrected chi connectivity index (χ1v) is 4.70. The lowest BCUT2D eigenvalue weighted by Crippen LogP contribution is -2.43. The molecule has 0 aliphatic heterocycles. The van der Waals surface area contributed by atoms with Gasteiger partial charge in [-0.2, -0.15) is 5.10 Å². The molecule has 1 unspecified atom stereocenters. The van der Waals surface area contributed by atoms with Crippen molar-refractivity contribution in [2.45, 2.75) is 12.5 Å². The first-order chi connectivity index (χ1) is 7.90. The van der Waals surface area contributed by atoms with Gasteiger partial charge in [0.05, 0.1) is 18.2 Å². The topological polar surface area (TPSA) is 127 Å². The predicted octanol–water partition coefficient (Wildman–Crippen LogP) is -1.52. The van der Waals surface area contributed by atoms with Crippen LogP contribution in [0.2, 0.25) is 0 Å². The van der Waals surface area contributed by atoms with Gasteiger partial charge in [-0.3, -0.25) is 14.3 Å². The Morgan fingerprint density at radius 2 is 2.24 bits per heavy atom. The molecule has 0 aromatic carbocycles. The van der Waals surface area contributed by atoms with Crippen LogP contribution in [-0.2, 0) is 16.6 Å². The molecule has 0 aliphatic rings. The van der Waals surface area contributed by atoms with Crippen LogP contribution in [0.25, 0.3) is 0 Å². The van der Waals surface area contributed by atoms with Gasteiger partial charge in [0.25, 0.3) is 5.91 Å². The van der Waals surface area contributed by atoms with Crippen LogP contribution in [0.4, 0.5) is 0 Å². The molecular formula is C9H12N4O4. The van der Waals surface area contributed by atoms with Crippen molar-refractivity contribution in [2.24, 2.45) is 12.8 Å². The number of nitrogens with zero attached hydrogens (tertiary/aromatic N) is 2. The number of aromatic nitrogens is 2. The number of aliphatic carboxylic acids is 1. The third kappa shape index (κ3) is 3.59. The van der Waals surface area contributed by atoms with Crippen molar-refractivity contribution in [3.05, 3.63) is 18.0 Å². The number of amides is 2. The Kier molecular flexibility index (Phi) is 3.81. The average molecular weight is 240 g/mol. The summed E-state index contributed by atoms with van der Waals surface area (Å²) < 4.78 is 1.40. The predicted molar refractivity (Wildman–Crippen MR) is 55.9 cm³/mol. The first kappa shape index (κ1) is 12.7. The van der Waals surface area contributed by atoms with Crippen molar-refractivity contribution in [3.63, 3.8) is 0 Å². The summed E-state index contributed by atoms with van der Waals surface area (Å²) in [5.74, 6) is -2.74. The first-order valence-electron chi connectivity index (χ1n) is 4.70. The molecule has 0 fully saturated rings. The highest BCUT2D eigenvalue weighted by Gasteiger charge is 2.23. The van der Waals surface area contributed by atoms with E-state index in [-0.39, 0.29) is 5.56 Å². The minimum Gasteiger partial charge on any atom is -0.480 e. The lowest BCUT2D eigenvalue weighted by molar-refractivity contribution is -0.140. The fourth-order valence-corrected chi connectivity index (χ4v) is 1.18. The molecule has 0 bridgehead atoms. The fraction of sp³-hybridized carbons (Fsp3) is 0.333. The van der Waals surface area contributed by atoms with Gasteiger partial charge >= 0.3 is 5.97 Å². The molecule has 1 aromatic heterocycles. The molecule has 8 heteroatoms. The molecule has 17 heavy (non-hydrogen) atoms. The Morgan fingerprint density at radius 1 is 1.59 bits per heavy atom. The van der Waals surface area contributed by atoms with E-state index in [0.29, 0.717) is 0 Å². The van der Waals surface area contributed by atoms with Crippen molar-refractivity contribution in [1.29, 1.82) is 0 Å². The zero-order chi connectivity index (χ0) is 13.0. The van der Waals surface area contributed by atoms with Gasteiger partial charge in [-0.05, 0) is 0 Å². The number of carbonyl (C=O) groups is 3. The Bertz CT molecular complexity index is 454. The molecule has 0 saturated heterocycles. The van der Waals surface area contributed by atoms with Crippen LogP contribution in [-0.4, -0.2) is 38.7 Å². The quantitative estimate of drug-likeness (QED) is 0.575. The Hall–Kier alpha value is -2.38. The molecule has 1 atom stereocenters. The molecule has 0 aliphatic carbocycles. The maximum atomic E-state index is 11.6. The minimum absolute atomic E-state index is 0.211. The van der Waals surface area contributed by atoms with Crippen molar-refractivity contribution in [1.82, 2.24) is 15.1 Å². The van der Waals surface area contributed by atoms with E-state index in [0.717, 1.165) is 0 Å². The molecular weight excluding hydrogens is 228 g/mol. The summed E-state index contributed by atoms with van der Waals surface area (Å²) in [6, 6.07) is -1.33. The van der Waals surface area contributed by atoms with E-state index in [2.05, 4.69) is 10.4 Å². The summed E-state index contributed by atoms with van der Waals surface area (Å²) in [5.41, 5.74) is 5.09. The highest BCUT2D eigenvalue weighted by Crippen LogP contribution is 1.99. The van der Waals surface area contributed by atoms with Crippen LogP contribution >= 0.6 is 0 Å². The molecule has 4 N–H and O–H groups in total. The van der Waals surface area contributed by atoms with E-state index >= 15 is 0 Å². The number of hydrogen-bond acceptors (Lipinski definition) is 4. The number of nitrogens with one attached hydrogen (secondary N) is 1. The zero-order valence-corrected chi connectivity index (χ0v) is 9.08. The third-order valence-electron chi connectivity index (χ3n) is 1.98. The van der Waals surface area contributed by atoms with Gasteiger partial charge < -0.3 is 16.2 Å². The number of carboxylic acid groups (broad SMARTS) is 1. The van der Waals surface area contributed by atoms with Crippen LogP contribution in [0.15, 0.2) is 12.4 Å². The molecule has 0 spiro atoms. The highest BCUT2D eigenvalue weighted by molar-refractivity contribution is 5.97. The van der Waals surface area contributed by atoms with Crippen LogP contribution in [0.5, 0.6) is 0 Å². The van der Waals surface area contributed by atoms with Crippen molar-refractivity contribution in [2.75, 3.05) is 0 Å². The van der Waals surface area contributed by atoms with Crippen molar-refractivity contribution in [3.8, 4) is 0 Å². The van der Waals surface area contributed by atoms with Crippen LogP contribution in [0.3, 0.4) is 0 Å². The van der Waals surface area contributed by atoms with Gasteiger partial charge in [0.1, 0.15) is 6.04 Å². The molecule has 1 rings (SSSR count). The van der Waals surface area contributed by atoms with E-state index in [1.807, 2.05) is 0 Å². The average Bonchev–Trinajstić information content (AvgIpc) is 2.63. The van der Waals surface area contributed by atoms with E-state index < -0.39 is 30.2 Å². The summed E-state index contributed by atoms with van der Waals surface area (Å²) in [5, 5.41) is 14.7. The maximum Gasteiger partial charge on any atom is 0.326 e. The molecule has 0 saturated carbocycles. The number of primary amides is 1. The van der Waals surface area contributed by atoms with Gasteiger partial charge in [-0.1, -0.05) is 0 Å². The van der Waals surface area contributed by atoms with E-state index in [1.54, 1.807) is 7.05 Å². The molecule has 0 radical (unpaired) electrons. The summed E-state index contributed by atoms with van der Waals surface area (Å²) in [7, 11) is 1.62. The van der Waals surface area contributed by atoms with Crippen LogP contribution < -0.4 is 11.1 Å². The molecule has 92 valence electrons. The number of nitrogens with two attached hydrogens (primary N) is 1. The molecule has 2 amide bonds. The second kappa shape index (κ2) is 5.10. The second-order valence-corrected chi connectivity index (χ2v) is 3.44. The van der Waals surface area contributed by atoms with Gasteiger partial charge in [0, 0.05) is 13.2 Å².